The van der Waals surface area contributed by atoms with Crippen LogP contribution in [0.2, 0.25) is 0 Å². The molecule has 0 saturated heterocycles. The van der Waals surface area contributed by atoms with Crippen molar-refractivity contribution in [2.24, 2.45) is 5.73 Å². The number of nitrogen functional groups attached to an aromatic ring is 1. The van der Waals surface area contributed by atoms with Crippen molar-refractivity contribution < 1.29 is 0 Å². The van der Waals surface area contributed by atoms with Crippen LogP contribution in [0.5, 0.6) is 0 Å². The summed E-state index contributed by atoms with van der Waals surface area (Å²) in [5.74, 6) is -0.0828. The number of hydrogen-bond acceptors (Lipinski definition) is 6. The van der Waals surface area contributed by atoms with Gasteiger partial charge in [-0.05, 0) is 37.7 Å². The molecule has 0 amide bonds. The summed E-state index contributed by atoms with van der Waals surface area (Å²) in [6.45, 7) is 3.82. The predicted molar refractivity (Wildman–Crippen MR) is 68.7 cm³/mol. The summed E-state index contributed by atoms with van der Waals surface area (Å²) in [6, 6.07) is 3.49. The molecule has 2 heterocycles. The fourth-order valence-electron chi connectivity index (χ4n) is 1.36. The minimum absolute atomic E-state index is 0.0828. The van der Waals surface area contributed by atoms with Gasteiger partial charge in [-0.25, -0.2) is 19.9 Å². The molecule has 92 valence electrons. The Balaban J connectivity index is 2.28. The van der Waals surface area contributed by atoms with Crippen LogP contribution in [-0.2, 0) is 0 Å². The molecule has 18 heavy (non-hydrogen) atoms. The van der Waals surface area contributed by atoms with Crippen molar-refractivity contribution >= 4 is 17.6 Å². The molecule has 3 N–H and O–H groups in total. The molecule has 2 aromatic heterocycles. The van der Waals surface area contributed by atoms with Gasteiger partial charge in [0.2, 0.25) is 0 Å². The second-order valence-corrected chi connectivity index (χ2v) is 4.61. The van der Waals surface area contributed by atoms with Gasteiger partial charge in [0.25, 0.3) is 0 Å². The summed E-state index contributed by atoms with van der Waals surface area (Å²) >= 11 is 1.25. The second-order valence-electron chi connectivity index (χ2n) is 3.67. The zero-order valence-electron chi connectivity index (χ0n) is 10.0. The van der Waals surface area contributed by atoms with Gasteiger partial charge in [0.05, 0.1) is 0 Å². The standard InChI is InChI=1S/C11H12N6S/c1-6-5-7(2)16-11(15-6)18-10-14-4-3-8(17-10)9(12)13/h3-5H,1-2H3,(H3,12,13). The maximum Gasteiger partial charge on any atom is 0.196 e. The molecule has 0 aliphatic rings. The first-order valence-electron chi connectivity index (χ1n) is 5.22. The van der Waals surface area contributed by atoms with Crippen LogP contribution in [0.3, 0.4) is 0 Å². The number of nitrogens with zero attached hydrogens (tertiary/aromatic N) is 4. The van der Waals surface area contributed by atoms with E-state index in [-0.39, 0.29) is 5.84 Å². The van der Waals surface area contributed by atoms with Gasteiger partial charge in [-0.3, -0.25) is 5.41 Å². The molecule has 0 spiro atoms. The average molecular weight is 260 g/mol. The van der Waals surface area contributed by atoms with Crippen molar-refractivity contribution in [1.82, 2.24) is 19.9 Å². The SMILES string of the molecule is Cc1cc(C)nc(Sc2nccc(C(=N)N)n2)n1. The molecule has 0 aliphatic heterocycles. The van der Waals surface area contributed by atoms with Crippen LogP contribution in [-0.4, -0.2) is 25.8 Å². The summed E-state index contributed by atoms with van der Waals surface area (Å²) < 4.78 is 0. The molecular formula is C11H12N6S. The highest BCUT2D eigenvalue weighted by Gasteiger charge is 2.07. The maximum atomic E-state index is 7.33. The third-order valence-electron chi connectivity index (χ3n) is 2.05. The minimum Gasteiger partial charge on any atom is -0.382 e. The number of aromatic nitrogens is 4. The fourth-order valence-corrected chi connectivity index (χ4v) is 2.16. The summed E-state index contributed by atoms with van der Waals surface area (Å²) in [7, 11) is 0. The van der Waals surface area contributed by atoms with Gasteiger partial charge in [-0.1, -0.05) is 0 Å². The molecule has 0 fully saturated rings. The fraction of sp³-hybridized carbons (Fsp3) is 0.182. The number of amidine groups is 1. The van der Waals surface area contributed by atoms with Crippen molar-refractivity contribution in [3.63, 3.8) is 0 Å². The third-order valence-corrected chi connectivity index (χ3v) is 2.80. The van der Waals surface area contributed by atoms with Crippen molar-refractivity contribution in [2.75, 3.05) is 0 Å². The summed E-state index contributed by atoms with van der Waals surface area (Å²) in [6.07, 6.45) is 1.56. The van der Waals surface area contributed by atoms with Gasteiger partial charge in [0.1, 0.15) is 11.5 Å². The maximum absolute atomic E-state index is 7.33. The Morgan fingerprint density at radius 2 is 1.83 bits per heavy atom. The minimum atomic E-state index is -0.0828. The van der Waals surface area contributed by atoms with Crippen LogP contribution in [0.4, 0.5) is 0 Å². The lowest BCUT2D eigenvalue weighted by Crippen LogP contribution is -2.13. The van der Waals surface area contributed by atoms with E-state index in [2.05, 4.69) is 19.9 Å². The lowest BCUT2D eigenvalue weighted by molar-refractivity contribution is 0.884. The van der Waals surface area contributed by atoms with Crippen molar-refractivity contribution in [3.8, 4) is 0 Å². The van der Waals surface area contributed by atoms with E-state index in [1.165, 1.54) is 11.8 Å². The third kappa shape index (κ3) is 3.01. The van der Waals surface area contributed by atoms with Crippen molar-refractivity contribution in [2.45, 2.75) is 24.2 Å². The van der Waals surface area contributed by atoms with Crippen molar-refractivity contribution in [1.29, 1.82) is 5.41 Å². The van der Waals surface area contributed by atoms with Gasteiger partial charge in [0.15, 0.2) is 10.3 Å². The van der Waals surface area contributed by atoms with Gasteiger partial charge < -0.3 is 5.73 Å². The van der Waals surface area contributed by atoms with Gasteiger partial charge in [0, 0.05) is 17.6 Å². The number of rotatable bonds is 3. The smallest absolute Gasteiger partial charge is 0.196 e. The molecule has 2 rings (SSSR count). The molecule has 0 unspecified atom stereocenters. The molecule has 0 saturated carbocycles. The quantitative estimate of drug-likeness (QED) is 0.490. The Bertz CT molecular complexity index is 578. The zero-order chi connectivity index (χ0) is 13.1. The lowest BCUT2D eigenvalue weighted by atomic mass is 10.4. The average Bonchev–Trinajstić information content (AvgIpc) is 2.27. The summed E-state index contributed by atoms with van der Waals surface area (Å²) in [5, 5.41) is 8.40. The Labute approximate surface area is 109 Å². The number of aryl methyl sites for hydroxylation is 2. The highest BCUT2D eigenvalue weighted by Crippen LogP contribution is 2.21. The molecule has 0 bridgehead atoms. The van der Waals surface area contributed by atoms with Crippen LogP contribution in [0, 0.1) is 19.3 Å². The van der Waals surface area contributed by atoms with Crippen molar-refractivity contribution in [3.05, 3.63) is 35.4 Å². The summed E-state index contributed by atoms with van der Waals surface area (Å²) in [5.41, 5.74) is 7.57. The Morgan fingerprint density at radius 1 is 1.17 bits per heavy atom. The van der Waals surface area contributed by atoms with Crippen LogP contribution in [0.1, 0.15) is 17.1 Å². The molecule has 0 aromatic carbocycles. The normalized spacial score (nSPS) is 10.3. The highest BCUT2D eigenvalue weighted by atomic mass is 32.2. The van der Waals surface area contributed by atoms with E-state index < -0.39 is 0 Å². The molecule has 0 aliphatic carbocycles. The van der Waals surface area contributed by atoms with Gasteiger partial charge in [-0.15, -0.1) is 0 Å². The van der Waals surface area contributed by atoms with E-state index in [1.54, 1.807) is 12.3 Å². The molecule has 0 atom stereocenters. The first kappa shape index (κ1) is 12.4. The Kier molecular flexibility index (Phi) is 3.52. The molecule has 6 nitrogen and oxygen atoms in total. The van der Waals surface area contributed by atoms with E-state index >= 15 is 0 Å². The van der Waals surface area contributed by atoms with E-state index in [0.717, 1.165) is 11.4 Å². The zero-order valence-corrected chi connectivity index (χ0v) is 10.8. The molecule has 2 aromatic rings. The van der Waals surface area contributed by atoms with Gasteiger partial charge >= 0.3 is 0 Å². The van der Waals surface area contributed by atoms with Crippen LogP contribution >= 0.6 is 11.8 Å². The first-order chi connectivity index (χ1) is 8.54. The largest absolute Gasteiger partial charge is 0.382 e. The van der Waals surface area contributed by atoms with Crippen LogP contribution < -0.4 is 5.73 Å². The number of nitrogens with one attached hydrogen (secondary N) is 1. The highest BCUT2D eigenvalue weighted by molar-refractivity contribution is 7.99. The van der Waals surface area contributed by atoms with E-state index in [9.17, 15) is 0 Å². The lowest BCUT2D eigenvalue weighted by Gasteiger charge is -2.03. The topological polar surface area (TPSA) is 101 Å². The van der Waals surface area contributed by atoms with Crippen LogP contribution in [0.15, 0.2) is 28.6 Å². The van der Waals surface area contributed by atoms with E-state index in [4.69, 9.17) is 11.1 Å². The summed E-state index contributed by atoms with van der Waals surface area (Å²) in [4.78, 5) is 16.8. The second kappa shape index (κ2) is 5.09. The van der Waals surface area contributed by atoms with Crippen LogP contribution in [0.25, 0.3) is 0 Å². The Morgan fingerprint density at radius 3 is 2.44 bits per heavy atom. The van der Waals surface area contributed by atoms with Gasteiger partial charge in [-0.2, -0.15) is 0 Å². The number of nitrogens with two attached hydrogens (primary N) is 1. The molecule has 0 radical (unpaired) electrons. The molecule has 7 heteroatoms. The monoisotopic (exact) mass is 260 g/mol. The Hall–Kier alpha value is -2.02. The van der Waals surface area contributed by atoms with E-state index in [0.29, 0.717) is 16.0 Å². The predicted octanol–water partition coefficient (Wildman–Crippen LogP) is 1.32. The molecular weight excluding hydrogens is 248 g/mol. The van der Waals surface area contributed by atoms with E-state index in [1.807, 2.05) is 19.9 Å². The first-order valence-corrected chi connectivity index (χ1v) is 6.04. The number of hydrogen-bond donors (Lipinski definition) is 2.